The molecule has 0 aliphatic carbocycles. The third-order valence-electron chi connectivity index (χ3n) is 5.19. The van der Waals surface area contributed by atoms with E-state index in [1.807, 2.05) is 54.6 Å². The fourth-order valence-electron chi connectivity index (χ4n) is 3.40. The number of hydrogen-bond acceptors (Lipinski definition) is 6. The van der Waals surface area contributed by atoms with Crippen LogP contribution in [0.25, 0.3) is 11.6 Å². The first-order valence-corrected chi connectivity index (χ1v) is 11.1. The summed E-state index contributed by atoms with van der Waals surface area (Å²) in [6, 6.07) is 23.2. The zero-order valence-corrected chi connectivity index (χ0v) is 19.9. The largest absolute Gasteiger partial charge is 0.497 e. The van der Waals surface area contributed by atoms with E-state index in [9.17, 15) is 4.79 Å². The Kier molecular flexibility index (Phi) is 9.55. The number of ether oxygens (including phenoxy) is 4. The van der Waals surface area contributed by atoms with Crippen LogP contribution in [0.15, 0.2) is 72.8 Å². The Morgan fingerprint density at radius 2 is 1.53 bits per heavy atom. The number of carbonyl (C=O) groups excluding carboxylic acids is 1. The molecule has 6 heteroatoms. The van der Waals surface area contributed by atoms with Crippen LogP contribution in [0.1, 0.15) is 23.1 Å². The second-order valence-electron chi connectivity index (χ2n) is 7.58. The van der Waals surface area contributed by atoms with Gasteiger partial charge in [-0.2, -0.15) is 0 Å². The quantitative estimate of drug-likeness (QED) is 0.178. The first-order chi connectivity index (χ1) is 16.6. The molecule has 0 radical (unpaired) electrons. The van der Waals surface area contributed by atoms with Crippen molar-refractivity contribution in [1.82, 2.24) is 5.32 Å². The molecule has 0 unspecified atom stereocenters. The molecule has 34 heavy (non-hydrogen) atoms. The highest BCUT2D eigenvalue weighted by atomic mass is 16.5. The van der Waals surface area contributed by atoms with Gasteiger partial charge >= 0.3 is 5.97 Å². The second-order valence-corrected chi connectivity index (χ2v) is 7.58. The Balaban J connectivity index is 1.60. The van der Waals surface area contributed by atoms with Crippen LogP contribution < -0.4 is 19.5 Å². The first kappa shape index (κ1) is 24.9. The highest BCUT2D eigenvalue weighted by molar-refractivity contribution is 6.21. The molecular weight excluding hydrogens is 430 g/mol. The van der Waals surface area contributed by atoms with Gasteiger partial charge < -0.3 is 24.3 Å². The van der Waals surface area contributed by atoms with Crippen molar-refractivity contribution in [2.45, 2.75) is 13.0 Å². The van der Waals surface area contributed by atoms with Crippen LogP contribution in [0.3, 0.4) is 0 Å². The lowest BCUT2D eigenvalue weighted by molar-refractivity contribution is -0.133. The SMILES string of the molecule is COC(=O)/C(=C\c1cc(OC)cc(OC)c1)c1ccc(OCCCNCc2ccccc2)cc1. The Labute approximate surface area is 201 Å². The van der Waals surface area contributed by atoms with Crippen molar-refractivity contribution in [3.63, 3.8) is 0 Å². The third-order valence-corrected chi connectivity index (χ3v) is 5.19. The molecule has 0 amide bonds. The van der Waals surface area contributed by atoms with Gasteiger partial charge in [0.05, 0.1) is 33.5 Å². The average molecular weight is 462 g/mol. The van der Waals surface area contributed by atoms with Crippen molar-refractivity contribution in [1.29, 1.82) is 0 Å². The van der Waals surface area contributed by atoms with Gasteiger partial charge in [0.2, 0.25) is 0 Å². The summed E-state index contributed by atoms with van der Waals surface area (Å²) < 4.78 is 21.5. The number of benzene rings is 3. The minimum absolute atomic E-state index is 0.425. The number of esters is 1. The van der Waals surface area contributed by atoms with Gasteiger partial charge in [-0.1, -0.05) is 42.5 Å². The monoisotopic (exact) mass is 461 g/mol. The van der Waals surface area contributed by atoms with Crippen LogP contribution in [0.2, 0.25) is 0 Å². The smallest absolute Gasteiger partial charge is 0.338 e. The molecule has 0 heterocycles. The lowest BCUT2D eigenvalue weighted by Crippen LogP contribution is -2.16. The topological polar surface area (TPSA) is 66.0 Å². The van der Waals surface area contributed by atoms with Crippen LogP contribution in [-0.2, 0) is 16.1 Å². The fraction of sp³-hybridized carbons (Fsp3) is 0.250. The van der Waals surface area contributed by atoms with Gasteiger partial charge in [-0.25, -0.2) is 4.79 Å². The van der Waals surface area contributed by atoms with Gasteiger partial charge in [0.15, 0.2) is 0 Å². The summed E-state index contributed by atoms with van der Waals surface area (Å²) >= 11 is 0. The van der Waals surface area contributed by atoms with Crippen molar-refractivity contribution in [2.24, 2.45) is 0 Å². The average Bonchev–Trinajstić information content (AvgIpc) is 2.89. The van der Waals surface area contributed by atoms with Gasteiger partial charge in [-0.3, -0.25) is 0 Å². The van der Waals surface area contributed by atoms with E-state index >= 15 is 0 Å². The maximum atomic E-state index is 12.5. The minimum Gasteiger partial charge on any atom is -0.497 e. The standard InChI is InChI=1S/C28H31NO5/c1-31-25-16-22(17-26(19-25)32-2)18-27(28(30)33-3)23-10-12-24(13-11-23)34-15-7-14-29-20-21-8-5-4-6-9-21/h4-6,8-13,16-19,29H,7,14-15,20H2,1-3H3/b27-18-. The minimum atomic E-state index is -0.431. The molecule has 0 fully saturated rings. The lowest BCUT2D eigenvalue weighted by Gasteiger charge is -2.11. The van der Waals surface area contributed by atoms with Crippen molar-refractivity contribution in [3.8, 4) is 17.2 Å². The highest BCUT2D eigenvalue weighted by Crippen LogP contribution is 2.27. The molecule has 0 atom stereocenters. The summed E-state index contributed by atoms with van der Waals surface area (Å²) in [6.45, 7) is 2.31. The Morgan fingerprint density at radius 3 is 2.15 bits per heavy atom. The van der Waals surface area contributed by atoms with Crippen LogP contribution in [0.5, 0.6) is 17.2 Å². The molecule has 0 aliphatic rings. The van der Waals surface area contributed by atoms with Crippen LogP contribution in [0.4, 0.5) is 0 Å². The second kappa shape index (κ2) is 13.1. The summed E-state index contributed by atoms with van der Waals surface area (Å²) in [4.78, 5) is 12.5. The van der Waals surface area contributed by atoms with E-state index in [1.54, 1.807) is 26.4 Å². The molecule has 0 aliphatic heterocycles. The predicted octanol–water partition coefficient (Wildman–Crippen LogP) is 4.98. The number of methoxy groups -OCH3 is 3. The fourth-order valence-corrected chi connectivity index (χ4v) is 3.40. The maximum Gasteiger partial charge on any atom is 0.338 e. The summed E-state index contributed by atoms with van der Waals surface area (Å²) in [7, 11) is 4.54. The molecule has 3 aromatic rings. The summed E-state index contributed by atoms with van der Waals surface area (Å²) in [5.41, 5.74) is 3.18. The molecule has 178 valence electrons. The molecular formula is C28H31NO5. The maximum absolute atomic E-state index is 12.5. The molecule has 0 bridgehead atoms. The van der Waals surface area contributed by atoms with E-state index in [1.165, 1.54) is 12.7 Å². The Morgan fingerprint density at radius 1 is 0.853 bits per heavy atom. The van der Waals surface area contributed by atoms with Crippen molar-refractivity contribution in [3.05, 3.63) is 89.5 Å². The predicted molar refractivity (Wildman–Crippen MR) is 134 cm³/mol. The van der Waals surface area contributed by atoms with Gasteiger partial charge in [0.1, 0.15) is 17.2 Å². The van der Waals surface area contributed by atoms with Crippen molar-refractivity contribution in [2.75, 3.05) is 34.5 Å². The number of rotatable bonds is 12. The highest BCUT2D eigenvalue weighted by Gasteiger charge is 2.14. The van der Waals surface area contributed by atoms with Gasteiger partial charge in [-0.05, 0) is 60.0 Å². The van der Waals surface area contributed by atoms with E-state index < -0.39 is 5.97 Å². The zero-order valence-electron chi connectivity index (χ0n) is 19.9. The van der Waals surface area contributed by atoms with Gasteiger partial charge in [-0.15, -0.1) is 0 Å². The van der Waals surface area contributed by atoms with E-state index in [4.69, 9.17) is 18.9 Å². The molecule has 3 rings (SSSR count). The summed E-state index contributed by atoms with van der Waals surface area (Å²) in [5.74, 6) is 1.59. The van der Waals surface area contributed by atoms with E-state index in [0.717, 1.165) is 36.4 Å². The molecule has 6 nitrogen and oxygen atoms in total. The van der Waals surface area contributed by atoms with Crippen molar-refractivity contribution >= 4 is 17.6 Å². The molecule has 0 aromatic heterocycles. The number of hydrogen-bond donors (Lipinski definition) is 1. The first-order valence-electron chi connectivity index (χ1n) is 11.1. The van der Waals surface area contributed by atoms with E-state index in [2.05, 4.69) is 17.4 Å². The zero-order chi connectivity index (χ0) is 24.2. The van der Waals surface area contributed by atoms with Crippen LogP contribution in [0, 0.1) is 0 Å². The molecule has 3 aromatic carbocycles. The van der Waals surface area contributed by atoms with E-state index in [-0.39, 0.29) is 0 Å². The van der Waals surface area contributed by atoms with Crippen molar-refractivity contribution < 1.29 is 23.7 Å². The number of nitrogens with one attached hydrogen (secondary N) is 1. The van der Waals surface area contributed by atoms with Gasteiger partial charge in [0, 0.05) is 12.6 Å². The van der Waals surface area contributed by atoms with Crippen LogP contribution in [-0.4, -0.2) is 40.5 Å². The normalized spacial score (nSPS) is 11.1. The Bertz CT molecular complexity index is 1060. The van der Waals surface area contributed by atoms with E-state index in [0.29, 0.717) is 23.7 Å². The molecule has 0 saturated carbocycles. The molecule has 0 spiro atoms. The summed E-state index contributed by atoms with van der Waals surface area (Å²) in [5, 5.41) is 3.41. The molecule has 1 N–H and O–H groups in total. The summed E-state index contributed by atoms with van der Waals surface area (Å²) in [6.07, 6.45) is 2.64. The molecule has 0 saturated heterocycles. The van der Waals surface area contributed by atoms with Gasteiger partial charge in [0.25, 0.3) is 0 Å². The lowest BCUT2D eigenvalue weighted by atomic mass is 10.0. The van der Waals surface area contributed by atoms with Crippen LogP contribution >= 0.6 is 0 Å². The number of carbonyl (C=O) groups is 1. The third kappa shape index (κ3) is 7.39. The Hall–Kier alpha value is -3.77.